The molecule has 0 aliphatic carbocycles. The molecule has 2 aliphatic heterocycles. The average Bonchev–Trinajstić information content (AvgIpc) is 3.12. The van der Waals surface area contributed by atoms with Gasteiger partial charge < -0.3 is 16.0 Å². The summed E-state index contributed by atoms with van der Waals surface area (Å²) >= 11 is 0. The van der Waals surface area contributed by atoms with Gasteiger partial charge in [0.1, 0.15) is 0 Å². The van der Waals surface area contributed by atoms with Crippen molar-refractivity contribution in [2.45, 2.75) is 63.7 Å². The second-order valence-electron chi connectivity index (χ2n) is 13.1. The molecule has 10 heteroatoms. The molecule has 258 valence electrons. The van der Waals surface area contributed by atoms with Gasteiger partial charge in [0.2, 0.25) is 0 Å². The lowest BCUT2D eigenvalue weighted by Gasteiger charge is -2.43. The third kappa shape index (κ3) is 7.99. The number of nitro groups is 1. The number of non-ortho nitro benzene ring substituents is 1. The highest BCUT2D eigenvalue weighted by molar-refractivity contribution is 6.03. The zero-order chi connectivity index (χ0) is 35.0. The lowest BCUT2D eigenvalue weighted by atomic mass is 9.68. The molecule has 2 aliphatic rings. The number of dihydropyridines is 1. The molecule has 1 unspecified atom stereocenters. The van der Waals surface area contributed by atoms with Crippen molar-refractivity contribution in [1.29, 1.82) is 0 Å². The van der Waals surface area contributed by atoms with Gasteiger partial charge in [0.25, 0.3) is 11.6 Å². The van der Waals surface area contributed by atoms with E-state index < -0.39 is 16.7 Å². The molecule has 49 heavy (non-hydrogen) atoms. The van der Waals surface area contributed by atoms with Crippen molar-refractivity contribution < 1.29 is 19.7 Å². The van der Waals surface area contributed by atoms with Crippen molar-refractivity contribution in [3.63, 3.8) is 0 Å². The van der Waals surface area contributed by atoms with Crippen LogP contribution in [0.5, 0.6) is 0 Å². The smallest absolute Gasteiger partial charge is 0.275 e. The van der Waals surface area contributed by atoms with Gasteiger partial charge in [-0.15, -0.1) is 0 Å². The van der Waals surface area contributed by atoms with E-state index in [1.807, 2.05) is 12.1 Å². The number of amides is 1. The molecule has 1 atom stereocenters. The number of ketones is 1. The number of carbonyl (C=O) groups is 2. The first-order valence-electron chi connectivity index (χ1n) is 17.2. The highest BCUT2D eigenvalue weighted by atomic mass is 16.6. The standard InChI is InChI=1S/C39H47N5O5/c1-28-35(29(2)45)36(30-17-19-33(20-18-30)44(48)49)37(34(41-28)16-9-10-23-40)38(46)43(47)25-11-24-42-26-21-39(22-27-42,31-12-5-3-6-13-31)32-14-7-4-8-15-32/h3-8,12-15,17-20,36,41,47H,9-11,16,21-27,40H2,1-2H3. The third-order valence-electron chi connectivity index (χ3n) is 10.0. The number of benzene rings is 3. The monoisotopic (exact) mass is 665 g/mol. The maximum atomic E-state index is 14.2. The van der Waals surface area contributed by atoms with Crippen LogP contribution in [0.25, 0.3) is 0 Å². The normalized spacial score (nSPS) is 17.8. The topological polar surface area (TPSA) is 142 Å². The van der Waals surface area contributed by atoms with E-state index in [-0.39, 0.29) is 29.0 Å². The molecule has 0 bridgehead atoms. The van der Waals surface area contributed by atoms with E-state index in [4.69, 9.17) is 5.73 Å². The van der Waals surface area contributed by atoms with Crippen LogP contribution in [-0.4, -0.2) is 64.5 Å². The van der Waals surface area contributed by atoms with Crippen LogP contribution in [0.15, 0.2) is 107 Å². The van der Waals surface area contributed by atoms with Crippen molar-refractivity contribution in [2.24, 2.45) is 5.73 Å². The number of piperidine rings is 1. The van der Waals surface area contributed by atoms with E-state index in [9.17, 15) is 24.9 Å². The largest absolute Gasteiger partial charge is 0.362 e. The summed E-state index contributed by atoms with van der Waals surface area (Å²) in [7, 11) is 0. The number of nitro benzene ring substituents is 1. The van der Waals surface area contributed by atoms with E-state index in [1.54, 1.807) is 19.1 Å². The van der Waals surface area contributed by atoms with Gasteiger partial charge >= 0.3 is 0 Å². The number of nitrogens with two attached hydrogens (primary N) is 1. The SMILES string of the molecule is CC(=O)C1=C(C)NC(CCCCN)=C(C(=O)N(O)CCCN2CCC(c3ccccc3)(c3ccccc3)CC2)C1c1ccc([N+](=O)[O-])cc1. The van der Waals surface area contributed by atoms with Gasteiger partial charge in [-0.25, -0.2) is 5.06 Å². The number of nitrogens with zero attached hydrogens (tertiary/aromatic N) is 3. The predicted octanol–water partition coefficient (Wildman–Crippen LogP) is 6.22. The summed E-state index contributed by atoms with van der Waals surface area (Å²) in [6.45, 7) is 6.33. The predicted molar refractivity (Wildman–Crippen MR) is 190 cm³/mol. The molecule has 2 heterocycles. The second kappa shape index (κ2) is 16.2. The summed E-state index contributed by atoms with van der Waals surface area (Å²) in [6, 6.07) is 27.3. The third-order valence-corrected chi connectivity index (χ3v) is 10.0. The summed E-state index contributed by atoms with van der Waals surface area (Å²) in [5.74, 6) is -1.60. The minimum atomic E-state index is -0.791. The second-order valence-corrected chi connectivity index (χ2v) is 13.1. The van der Waals surface area contributed by atoms with E-state index in [1.165, 1.54) is 30.2 Å². The lowest BCUT2D eigenvalue weighted by molar-refractivity contribution is -0.384. The summed E-state index contributed by atoms with van der Waals surface area (Å²) in [5.41, 5.74) is 10.7. The van der Waals surface area contributed by atoms with Crippen LogP contribution in [0.1, 0.15) is 75.0 Å². The number of carbonyl (C=O) groups excluding carboxylic acids is 2. The zero-order valence-corrected chi connectivity index (χ0v) is 28.4. The van der Waals surface area contributed by atoms with Gasteiger partial charge in [-0.05, 0) is 95.2 Å². The van der Waals surface area contributed by atoms with Gasteiger partial charge in [0.05, 0.1) is 10.5 Å². The van der Waals surface area contributed by atoms with Crippen LogP contribution in [0.4, 0.5) is 5.69 Å². The van der Waals surface area contributed by atoms with Crippen molar-refractivity contribution in [3.8, 4) is 0 Å². The maximum absolute atomic E-state index is 14.2. The number of hydrogen-bond donors (Lipinski definition) is 3. The number of unbranched alkanes of at least 4 members (excludes halogenated alkanes) is 1. The van der Waals surface area contributed by atoms with E-state index in [2.05, 4.69) is 58.7 Å². The molecule has 0 radical (unpaired) electrons. The average molecular weight is 666 g/mol. The van der Waals surface area contributed by atoms with Crippen LogP contribution in [0.3, 0.4) is 0 Å². The minimum Gasteiger partial charge on any atom is -0.362 e. The fourth-order valence-corrected chi connectivity index (χ4v) is 7.48. The first-order chi connectivity index (χ1) is 23.7. The van der Waals surface area contributed by atoms with E-state index in [0.29, 0.717) is 54.9 Å². The van der Waals surface area contributed by atoms with Crippen LogP contribution >= 0.6 is 0 Å². The van der Waals surface area contributed by atoms with Crippen molar-refractivity contribution >= 4 is 17.4 Å². The number of rotatable bonds is 14. The Kier molecular flexibility index (Phi) is 11.8. The first-order valence-corrected chi connectivity index (χ1v) is 17.2. The van der Waals surface area contributed by atoms with Crippen LogP contribution in [0, 0.1) is 10.1 Å². The Hall–Kier alpha value is -4.64. The Morgan fingerprint density at radius 2 is 1.53 bits per heavy atom. The molecule has 1 saturated heterocycles. The lowest BCUT2D eigenvalue weighted by Crippen LogP contribution is -2.44. The van der Waals surface area contributed by atoms with Gasteiger partial charge in [-0.1, -0.05) is 72.8 Å². The molecule has 3 aromatic rings. The Balaban J connectivity index is 1.32. The van der Waals surface area contributed by atoms with Gasteiger partial charge in [-0.2, -0.15) is 0 Å². The van der Waals surface area contributed by atoms with Crippen molar-refractivity contribution in [3.05, 3.63) is 134 Å². The zero-order valence-electron chi connectivity index (χ0n) is 28.4. The Morgan fingerprint density at radius 1 is 0.939 bits per heavy atom. The minimum absolute atomic E-state index is 0.0638. The highest BCUT2D eigenvalue weighted by Gasteiger charge is 2.39. The van der Waals surface area contributed by atoms with Crippen LogP contribution in [0.2, 0.25) is 0 Å². The van der Waals surface area contributed by atoms with Gasteiger partial charge in [0.15, 0.2) is 5.78 Å². The molecule has 0 saturated carbocycles. The number of hydrogen-bond acceptors (Lipinski definition) is 8. The number of allylic oxidation sites excluding steroid dienone is 3. The van der Waals surface area contributed by atoms with E-state index >= 15 is 0 Å². The number of hydroxylamine groups is 2. The van der Waals surface area contributed by atoms with Gasteiger partial charge in [-0.3, -0.25) is 24.9 Å². The summed E-state index contributed by atoms with van der Waals surface area (Å²) in [4.78, 5) is 40.4. The quantitative estimate of drug-likeness (QED) is 0.0798. The highest BCUT2D eigenvalue weighted by Crippen LogP contribution is 2.42. The van der Waals surface area contributed by atoms with Crippen molar-refractivity contribution in [1.82, 2.24) is 15.3 Å². The fourth-order valence-electron chi connectivity index (χ4n) is 7.48. The van der Waals surface area contributed by atoms with E-state index in [0.717, 1.165) is 37.4 Å². The van der Waals surface area contributed by atoms with Crippen LogP contribution in [-0.2, 0) is 15.0 Å². The number of Topliss-reactive ketones (excluding diaryl/α,β-unsaturated/α-hetero) is 1. The molecular weight excluding hydrogens is 618 g/mol. The Morgan fingerprint density at radius 3 is 2.06 bits per heavy atom. The molecular formula is C39H47N5O5. The maximum Gasteiger partial charge on any atom is 0.275 e. The molecule has 4 N–H and O–H groups in total. The van der Waals surface area contributed by atoms with Gasteiger partial charge in [0, 0.05) is 47.0 Å². The fraction of sp³-hybridized carbons (Fsp3) is 0.385. The first kappa shape index (κ1) is 35.7. The summed E-state index contributed by atoms with van der Waals surface area (Å²) in [5, 5.41) is 26.6. The molecule has 10 nitrogen and oxygen atoms in total. The summed E-state index contributed by atoms with van der Waals surface area (Å²) < 4.78 is 0. The molecule has 1 amide bonds. The molecule has 3 aromatic carbocycles. The van der Waals surface area contributed by atoms with Crippen molar-refractivity contribution in [2.75, 3.05) is 32.7 Å². The van der Waals surface area contributed by atoms with Crippen LogP contribution < -0.4 is 11.1 Å². The number of nitrogens with one attached hydrogen (secondary N) is 1. The number of likely N-dealkylation sites (tertiary alicyclic amines) is 1. The summed E-state index contributed by atoms with van der Waals surface area (Å²) in [6.07, 6.45) is 4.43. The Labute approximate surface area is 288 Å². The molecule has 0 aromatic heterocycles. The molecule has 0 spiro atoms. The molecule has 1 fully saturated rings. The Bertz CT molecular complexity index is 1640. The molecule has 5 rings (SSSR count).